The molecule has 0 bridgehead atoms. The van der Waals surface area contributed by atoms with Crippen LogP contribution < -0.4 is 4.90 Å². The molecule has 2 aromatic rings. The number of aliphatic hydroxyl groups excluding tert-OH is 1. The first kappa shape index (κ1) is 10.4. The van der Waals surface area contributed by atoms with Gasteiger partial charge in [-0.25, -0.2) is 15.0 Å². The molecule has 1 aliphatic rings. The van der Waals surface area contributed by atoms with Crippen LogP contribution in [0.3, 0.4) is 0 Å². The molecule has 1 unspecified atom stereocenters. The quantitative estimate of drug-likeness (QED) is 0.733. The van der Waals surface area contributed by atoms with E-state index in [-0.39, 0.29) is 12.7 Å². The van der Waals surface area contributed by atoms with Crippen LogP contribution in [0.5, 0.6) is 0 Å². The van der Waals surface area contributed by atoms with Crippen molar-refractivity contribution in [3.05, 3.63) is 12.7 Å². The fourth-order valence-corrected chi connectivity index (χ4v) is 2.01. The van der Waals surface area contributed by atoms with E-state index in [9.17, 15) is 0 Å². The topological polar surface area (TPSA) is 87.2 Å². The highest BCUT2D eigenvalue weighted by Gasteiger charge is 2.22. The van der Waals surface area contributed by atoms with E-state index in [0.717, 1.165) is 17.9 Å². The molecule has 0 radical (unpaired) electrons. The SMILES string of the molecule is OCC1CN(c2ncnc3nc[nH]c23)CCO1. The summed E-state index contributed by atoms with van der Waals surface area (Å²) in [4.78, 5) is 17.6. The third-order valence-electron chi connectivity index (χ3n) is 2.84. The number of nitrogens with zero attached hydrogens (tertiary/aromatic N) is 4. The Hall–Kier alpha value is -1.73. The third kappa shape index (κ3) is 1.83. The van der Waals surface area contributed by atoms with Gasteiger partial charge in [-0.1, -0.05) is 0 Å². The van der Waals surface area contributed by atoms with Crippen LogP contribution in [0.25, 0.3) is 11.2 Å². The number of hydrogen-bond acceptors (Lipinski definition) is 6. The second-order valence-corrected chi connectivity index (χ2v) is 3.92. The van der Waals surface area contributed by atoms with Crippen LogP contribution in [-0.2, 0) is 4.74 Å². The lowest BCUT2D eigenvalue weighted by Crippen LogP contribution is -2.44. The highest BCUT2D eigenvalue weighted by Crippen LogP contribution is 2.21. The van der Waals surface area contributed by atoms with Crippen LogP contribution in [-0.4, -0.2) is 57.4 Å². The van der Waals surface area contributed by atoms with Crippen LogP contribution in [0.15, 0.2) is 12.7 Å². The minimum atomic E-state index is -0.156. The minimum absolute atomic E-state index is 0.0215. The Morgan fingerprint density at radius 2 is 2.41 bits per heavy atom. The van der Waals surface area contributed by atoms with Gasteiger partial charge in [-0.2, -0.15) is 0 Å². The standard InChI is InChI=1S/C10H13N5O2/c16-4-7-3-15(1-2-17-7)10-8-9(12-5-11-8)13-6-14-10/h5-7,16H,1-4H2,(H,11,12,13,14). The summed E-state index contributed by atoms with van der Waals surface area (Å²) in [5, 5.41) is 9.12. The number of aromatic amines is 1. The Morgan fingerprint density at radius 3 is 3.29 bits per heavy atom. The number of morpholine rings is 1. The Bertz CT molecular complexity index is 514. The summed E-state index contributed by atoms with van der Waals surface area (Å²) >= 11 is 0. The number of hydrogen-bond donors (Lipinski definition) is 2. The molecule has 90 valence electrons. The van der Waals surface area contributed by atoms with Crippen molar-refractivity contribution >= 4 is 17.0 Å². The molecule has 2 N–H and O–H groups in total. The van der Waals surface area contributed by atoms with Crippen molar-refractivity contribution in [2.45, 2.75) is 6.10 Å². The van der Waals surface area contributed by atoms with E-state index >= 15 is 0 Å². The summed E-state index contributed by atoms with van der Waals surface area (Å²) < 4.78 is 5.41. The van der Waals surface area contributed by atoms with Crippen molar-refractivity contribution in [1.82, 2.24) is 19.9 Å². The second-order valence-electron chi connectivity index (χ2n) is 3.92. The highest BCUT2D eigenvalue weighted by molar-refractivity contribution is 5.82. The lowest BCUT2D eigenvalue weighted by atomic mass is 10.3. The maximum atomic E-state index is 9.12. The van der Waals surface area contributed by atoms with Gasteiger partial charge in [0.15, 0.2) is 11.5 Å². The maximum absolute atomic E-state index is 9.12. The van der Waals surface area contributed by atoms with Crippen LogP contribution >= 0.6 is 0 Å². The summed E-state index contributed by atoms with van der Waals surface area (Å²) in [6.07, 6.45) is 2.95. The Kier molecular flexibility index (Phi) is 2.62. The highest BCUT2D eigenvalue weighted by atomic mass is 16.5. The molecule has 7 nitrogen and oxygen atoms in total. The van der Waals surface area contributed by atoms with Crippen molar-refractivity contribution < 1.29 is 9.84 Å². The van der Waals surface area contributed by atoms with Gasteiger partial charge in [0, 0.05) is 13.1 Å². The number of rotatable bonds is 2. The molecule has 0 spiro atoms. The largest absolute Gasteiger partial charge is 0.394 e. The van der Waals surface area contributed by atoms with Gasteiger partial charge in [-0.15, -0.1) is 0 Å². The van der Waals surface area contributed by atoms with E-state index in [1.165, 1.54) is 6.33 Å². The fourth-order valence-electron chi connectivity index (χ4n) is 2.01. The van der Waals surface area contributed by atoms with Gasteiger partial charge < -0.3 is 19.7 Å². The average molecular weight is 235 g/mol. The van der Waals surface area contributed by atoms with Gasteiger partial charge in [-0.05, 0) is 0 Å². The Morgan fingerprint density at radius 1 is 1.47 bits per heavy atom. The number of aliphatic hydroxyl groups is 1. The molecule has 1 aliphatic heterocycles. The van der Waals surface area contributed by atoms with E-state index in [1.807, 2.05) is 0 Å². The number of H-pyrrole nitrogens is 1. The minimum Gasteiger partial charge on any atom is -0.394 e. The molecule has 17 heavy (non-hydrogen) atoms. The van der Waals surface area contributed by atoms with Crippen LogP contribution in [0.2, 0.25) is 0 Å². The zero-order valence-corrected chi connectivity index (χ0v) is 9.20. The number of aromatic nitrogens is 4. The van der Waals surface area contributed by atoms with Gasteiger partial charge in [0.05, 0.1) is 25.6 Å². The summed E-state index contributed by atoms with van der Waals surface area (Å²) in [6, 6.07) is 0. The van der Waals surface area contributed by atoms with Crippen molar-refractivity contribution in [2.75, 3.05) is 31.2 Å². The van der Waals surface area contributed by atoms with E-state index in [2.05, 4.69) is 24.8 Å². The van der Waals surface area contributed by atoms with Crippen molar-refractivity contribution in [1.29, 1.82) is 0 Å². The molecule has 3 heterocycles. The molecule has 0 aromatic carbocycles. The summed E-state index contributed by atoms with van der Waals surface area (Å²) in [7, 11) is 0. The van der Waals surface area contributed by atoms with E-state index in [1.54, 1.807) is 6.33 Å². The molecular weight excluding hydrogens is 222 g/mol. The van der Waals surface area contributed by atoms with Crippen molar-refractivity contribution in [2.24, 2.45) is 0 Å². The Labute approximate surface area is 97.5 Å². The first-order valence-electron chi connectivity index (χ1n) is 5.50. The summed E-state index contributed by atoms with van der Waals surface area (Å²) in [5.41, 5.74) is 1.48. The van der Waals surface area contributed by atoms with E-state index in [0.29, 0.717) is 18.8 Å². The Balaban J connectivity index is 1.94. The first-order valence-corrected chi connectivity index (χ1v) is 5.50. The fraction of sp³-hybridized carbons (Fsp3) is 0.500. The predicted molar refractivity (Wildman–Crippen MR) is 60.7 cm³/mol. The summed E-state index contributed by atoms with van der Waals surface area (Å²) in [6.45, 7) is 1.99. The molecule has 1 saturated heterocycles. The van der Waals surface area contributed by atoms with Gasteiger partial charge in [0.2, 0.25) is 0 Å². The van der Waals surface area contributed by atoms with Crippen LogP contribution in [0, 0.1) is 0 Å². The average Bonchev–Trinajstić information content (AvgIpc) is 2.87. The predicted octanol–water partition coefficient (Wildman–Crippen LogP) is -0.450. The molecule has 2 aromatic heterocycles. The third-order valence-corrected chi connectivity index (χ3v) is 2.84. The molecule has 0 amide bonds. The van der Waals surface area contributed by atoms with Gasteiger partial charge >= 0.3 is 0 Å². The molecule has 0 saturated carbocycles. The molecule has 1 atom stereocenters. The normalized spacial score (nSPS) is 21.0. The zero-order chi connectivity index (χ0) is 11.7. The number of nitrogens with one attached hydrogen (secondary N) is 1. The molecule has 3 rings (SSSR count). The lowest BCUT2D eigenvalue weighted by molar-refractivity contribution is 0.00343. The summed E-state index contributed by atoms with van der Waals surface area (Å²) in [5.74, 6) is 0.814. The first-order chi connectivity index (χ1) is 8.38. The van der Waals surface area contributed by atoms with Gasteiger partial charge in [0.25, 0.3) is 0 Å². The van der Waals surface area contributed by atoms with Gasteiger partial charge in [0.1, 0.15) is 11.8 Å². The van der Waals surface area contributed by atoms with Crippen molar-refractivity contribution in [3.8, 4) is 0 Å². The van der Waals surface area contributed by atoms with Crippen LogP contribution in [0.4, 0.5) is 5.82 Å². The monoisotopic (exact) mass is 235 g/mol. The van der Waals surface area contributed by atoms with Crippen molar-refractivity contribution in [3.63, 3.8) is 0 Å². The maximum Gasteiger partial charge on any atom is 0.182 e. The number of imidazole rings is 1. The van der Waals surface area contributed by atoms with E-state index < -0.39 is 0 Å². The molecule has 0 aliphatic carbocycles. The van der Waals surface area contributed by atoms with E-state index in [4.69, 9.17) is 9.84 Å². The second kappa shape index (κ2) is 4.27. The van der Waals surface area contributed by atoms with Gasteiger partial charge in [-0.3, -0.25) is 0 Å². The number of fused-ring (bicyclic) bond motifs is 1. The smallest absolute Gasteiger partial charge is 0.182 e. The van der Waals surface area contributed by atoms with Crippen LogP contribution in [0.1, 0.15) is 0 Å². The molecule has 7 heteroatoms. The lowest BCUT2D eigenvalue weighted by Gasteiger charge is -2.32. The molecule has 1 fully saturated rings. The zero-order valence-electron chi connectivity index (χ0n) is 9.20. The number of anilines is 1. The molecular formula is C10H13N5O2. The number of ether oxygens (including phenoxy) is 1.